The van der Waals surface area contributed by atoms with Gasteiger partial charge in [-0.3, -0.25) is 20.1 Å². The van der Waals surface area contributed by atoms with Crippen molar-refractivity contribution in [3.8, 4) is 11.3 Å². The molecule has 11 nitrogen and oxygen atoms in total. The second-order valence-corrected chi connectivity index (χ2v) is 11.7. The van der Waals surface area contributed by atoms with Crippen molar-refractivity contribution in [1.82, 2.24) is 30.4 Å². The van der Waals surface area contributed by atoms with Gasteiger partial charge in [-0.25, -0.2) is 9.80 Å². The first-order valence-corrected chi connectivity index (χ1v) is 14.5. The van der Waals surface area contributed by atoms with E-state index in [1.165, 1.54) is 0 Å². The molecule has 0 bridgehead atoms. The van der Waals surface area contributed by atoms with Gasteiger partial charge in [0.25, 0.3) is 0 Å². The van der Waals surface area contributed by atoms with E-state index >= 15 is 0 Å². The number of hydrogen-bond acceptors (Lipinski definition) is 7. The maximum Gasteiger partial charge on any atom is 0.333 e. The van der Waals surface area contributed by atoms with Crippen molar-refractivity contribution in [1.29, 1.82) is 0 Å². The molecular weight excluding hydrogens is 510 g/mol. The van der Waals surface area contributed by atoms with Gasteiger partial charge in [-0.05, 0) is 58.7 Å². The van der Waals surface area contributed by atoms with Crippen LogP contribution in [0, 0.1) is 5.92 Å². The van der Waals surface area contributed by atoms with E-state index < -0.39 is 0 Å². The number of ketones is 1. The number of hydrogen-bond donors (Lipinski definition) is 3. The van der Waals surface area contributed by atoms with Gasteiger partial charge in [0.2, 0.25) is 5.91 Å². The molecule has 2 saturated heterocycles. The normalized spacial score (nSPS) is 23.7. The third kappa shape index (κ3) is 5.13. The molecule has 4 aliphatic rings. The van der Waals surface area contributed by atoms with Gasteiger partial charge >= 0.3 is 6.03 Å². The maximum atomic E-state index is 13.7. The van der Waals surface area contributed by atoms with Crippen molar-refractivity contribution in [2.45, 2.75) is 50.5 Å². The van der Waals surface area contributed by atoms with Crippen molar-refractivity contribution >= 4 is 23.4 Å². The van der Waals surface area contributed by atoms with Gasteiger partial charge < -0.3 is 19.9 Å². The van der Waals surface area contributed by atoms with Crippen LogP contribution < -0.4 is 10.7 Å². The fraction of sp³-hybridized carbons (Fsp3) is 0.586. The number of aromatic amines is 1. The quantitative estimate of drug-likeness (QED) is 0.447. The molecule has 2 aliphatic carbocycles. The minimum absolute atomic E-state index is 0.104. The molecule has 0 atom stereocenters. The summed E-state index contributed by atoms with van der Waals surface area (Å²) in [5.41, 5.74) is 6.65. The number of nitrogens with one attached hydrogen (secondary N) is 3. The highest BCUT2D eigenvalue weighted by molar-refractivity contribution is 6.25. The average molecular weight is 550 g/mol. The number of ether oxygens (including phenoxy) is 1. The molecule has 3 heterocycles. The zero-order valence-corrected chi connectivity index (χ0v) is 23.4. The predicted octanol–water partition coefficient (Wildman–Crippen LogP) is 2.82. The lowest BCUT2D eigenvalue weighted by molar-refractivity contribution is -0.138. The van der Waals surface area contributed by atoms with E-state index in [4.69, 9.17) is 4.74 Å². The Balaban J connectivity index is 1.10. The van der Waals surface area contributed by atoms with Crippen molar-refractivity contribution in [3.05, 3.63) is 35.0 Å². The lowest BCUT2D eigenvalue weighted by Crippen LogP contribution is -2.49. The number of piperidine rings is 1. The standard InChI is InChI=1S/C29H39N7O4/c1-34(2)20-8-6-19(7-9-20)28(38)35-12-10-18(11-13-35)25-24-26(32-31-25)21-4-3-5-22(23(21)27(24)37)30-29(39)33-36-14-16-40-17-15-36/h3-5,18-20H,6-17H2,1-2H3,(H,31,32)(H2,30,33,39)/t19-,20+. The molecule has 11 heteroatoms. The number of amides is 3. The van der Waals surface area contributed by atoms with Crippen LogP contribution in [0.4, 0.5) is 10.5 Å². The summed E-state index contributed by atoms with van der Waals surface area (Å²) in [6.45, 7) is 3.73. The van der Waals surface area contributed by atoms with Gasteiger partial charge in [0.1, 0.15) is 0 Å². The first kappa shape index (κ1) is 26.9. The number of likely N-dealkylation sites (tertiary alicyclic amines) is 1. The predicted molar refractivity (Wildman–Crippen MR) is 150 cm³/mol. The van der Waals surface area contributed by atoms with Crippen LogP contribution in [0.1, 0.15) is 66.1 Å². The summed E-state index contributed by atoms with van der Waals surface area (Å²) < 4.78 is 5.33. The van der Waals surface area contributed by atoms with Crippen molar-refractivity contribution < 1.29 is 19.1 Å². The third-order valence-corrected chi connectivity index (χ3v) is 9.07. The van der Waals surface area contributed by atoms with Gasteiger partial charge in [0.05, 0.1) is 41.4 Å². The number of carbonyl (C=O) groups excluding carboxylic acids is 3. The molecule has 3 amide bonds. The minimum Gasteiger partial charge on any atom is -0.379 e. The lowest BCUT2D eigenvalue weighted by Gasteiger charge is -2.37. The van der Waals surface area contributed by atoms with Crippen LogP contribution in [0.15, 0.2) is 18.2 Å². The monoisotopic (exact) mass is 549 g/mol. The molecule has 3 fully saturated rings. The lowest BCUT2D eigenvalue weighted by atomic mass is 9.83. The van der Waals surface area contributed by atoms with Crippen LogP contribution in [0.3, 0.4) is 0 Å². The van der Waals surface area contributed by atoms with E-state index in [0.717, 1.165) is 49.8 Å². The average Bonchev–Trinajstić information content (AvgIpc) is 3.53. The summed E-state index contributed by atoms with van der Waals surface area (Å²) in [6.07, 6.45) is 5.64. The Morgan fingerprint density at radius 1 is 1.00 bits per heavy atom. The second kappa shape index (κ2) is 11.3. The van der Waals surface area contributed by atoms with Crippen molar-refractivity contribution in [3.63, 3.8) is 0 Å². The molecule has 3 N–H and O–H groups in total. The highest BCUT2D eigenvalue weighted by Crippen LogP contribution is 2.43. The van der Waals surface area contributed by atoms with Gasteiger partial charge in [-0.2, -0.15) is 5.10 Å². The van der Waals surface area contributed by atoms with Crippen LogP contribution in [-0.4, -0.2) is 102 Å². The Bertz CT molecular complexity index is 1270. The fourth-order valence-electron chi connectivity index (χ4n) is 6.75. The maximum absolute atomic E-state index is 13.7. The van der Waals surface area contributed by atoms with Crippen LogP contribution in [-0.2, 0) is 9.53 Å². The first-order valence-electron chi connectivity index (χ1n) is 14.5. The van der Waals surface area contributed by atoms with Gasteiger partial charge in [0.15, 0.2) is 5.78 Å². The number of urea groups is 1. The number of hydrazine groups is 1. The number of morpholine rings is 1. The molecule has 40 heavy (non-hydrogen) atoms. The van der Waals surface area contributed by atoms with E-state index in [0.29, 0.717) is 67.9 Å². The molecule has 1 saturated carbocycles. The van der Waals surface area contributed by atoms with Gasteiger partial charge in [-0.1, -0.05) is 12.1 Å². The van der Waals surface area contributed by atoms with Gasteiger partial charge in [-0.15, -0.1) is 0 Å². The number of benzene rings is 1. The Labute approximate surface area is 234 Å². The largest absolute Gasteiger partial charge is 0.379 e. The summed E-state index contributed by atoms with van der Waals surface area (Å²) >= 11 is 0. The van der Waals surface area contributed by atoms with Crippen molar-refractivity contribution in [2.24, 2.45) is 5.92 Å². The second-order valence-electron chi connectivity index (χ2n) is 11.7. The molecular formula is C29H39N7O4. The zero-order chi connectivity index (χ0) is 27.8. The van der Waals surface area contributed by atoms with E-state index in [2.05, 4.69) is 39.9 Å². The van der Waals surface area contributed by atoms with Crippen molar-refractivity contribution in [2.75, 3.05) is 58.8 Å². The van der Waals surface area contributed by atoms with E-state index in [-0.39, 0.29) is 29.6 Å². The van der Waals surface area contributed by atoms with E-state index in [1.54, 1.807) is 11.1 Å². The summed E-state index contributed by atoms with van der Waals surface area (Å²) in [5, 5.41) is 12.4. The molecule has 2 aliphatic heterocycles. The molecule has 6 rings (SSSR count). The highest BCUT2D eigenvalue weighted by Gasteiger charge is 2.39. The Morgan fingerprint density at radius 2 is 1.73 bits per heavy atom. The van der Waals surface area contributed by atoms with Crippen LogP contribution >= 0.6 is 0 Å². The SMILES string of the molecule is CN(C)[C@H]1CC[C@@H](C(=O)N2CCC(c3n[nH]c4c3C(=O)c3c(NC(=O)NN5CCOCC5)cccc3-4)CC2)CC1. The van der Waals surface area contributed by atoms with E-state index in [1.807, 2.05) is 17.0 Å². The number of fused-ring (bicyclic) bond motifs is 3. The number of aromatic nitrogens is 2. The van der Waals surface area contributed by atoms with Gasteiger partial charge in [0, 0.05) is 49.6 Å². The number of H-pyrrole nitrogens is 1. The molecule has 0 radical (unpaired) electrons. The number of anilines is 1. The van der Waals surface area contributed by atoms with Crippen LogP contribution in [0.5, 0.6) is 0 Å². The number of rotatable bonds is 5. The Morgan fingerprint density at radius 3 is 2.42 bits per heavy atom. The smallest absolute Gasteiger partial charge is 0.333 e. The molecule has 2 aromatic rings. The summed E-state index contributed by atoms with van der Waals surface area (Å²) in [4.78, 5) is 44.0. The van der Waals surface area contributed by atoms with Crippen LogP contribution in [0.25, 0.3) is 11.3 Å². The molecule has 0 unspecified atom stereocenters. The Kier molecular flexibility index (Phi) is 7.61. The topological polar surface area (TPSA) is 123 Å². The zero-order valence-electron chi connectivity index (χ0n) is 23.4. The third-order valence-electron chi connectivity index (χ3n) is 9.07. The molecule has 0 spiro atoms. The summed E-state index contributed by atoms with van der Waals surface area (Å²) in [5.74, 6) is 0.405. The van der Waals surface area contributed by atoms with E-state index in [9.17, 15) is 14.4 Å². The highest BCUT2D eigenvalue weighted by atomic mass is 16.5. The molecule has 1 aromatic carbocycles. The Hall–Kier alpha value is -3.28. The number of carbonyl (C=O) groups is 3. The summed E-state index contributed by atoms with van der Waals surface area (Å²) in [7, 11) is 4.24. The van der Waals surface area contributed by atoms with Crippen LogP contribution in [0.2, 0.25) is 0 Å². The fourth-order valence-corrected chi connectivity index (χ4v) is 6.75. The first-order chi connectivity index (χ1) is 19.4. The number of nitrogens with zero attached hydrogens (tertiary/aromatic N) is 4. The minimum atomic E-state index is -0.385. The summed E-state index contributed by atoms with van der Waals surface area (Å²) in [6, 6.07) is 5.67. The molecule has 1 aromatic heterocycles. The molecule has 214 valence electrons.